The van der Waals surface area contributed by atoms with Crippen LogP contribution >= 0.6 is 0 Å². The Bertz CT molecular complexity index is 418. The van der Waals surface area contributed by atoms with Crippen molar-refractivity contribution in [3.8, 4) is 0 Å². The fourth-order valence-corrected chi connectivity index (χ4v) is 6.26. The minimum atomic E-state index is -3.53. The van der Waals surface area contributed by atoms with Gasteiger partial charge in [-0.1, -0.05) is 24.4 Å². The van der Waals surface area contributed by atoms with E-state index in [1.165, 1.54) is 0 Å². The van der Waals surface area contributed by atoms with Gasteiger partial charge in [0.05, 0.1) is 12.8 Å². The fraction of sp³-hybridized carbons (Fsp3) is 0.700. The first-order valence-electron chi connectivity index (χ1n) is 5.94. The van der Waals surface area contributed by atoms with Crippen LogP contribution in [0, 0.1) is 0 Å². The van der Waals surface area contributed by atoms with Crippen LogP contribution < -0.4 is 0 Å². The summed E-state index contributed by atoms with van der Waals surface area (Å²) in [6, 6.07) is 0. The zero-order chi connectivity index (χ0) is 16.3. The molecule has 0 unspecified atom stereocenters. The van der Waals surface area contributed by atoms with E-state index >= 15 is 0 Å². The molecule has 21 heavy (non-hydrogen) atoms. The summed E-state index contributed by atoms with van der Waals surface area (Å²) in [7, 11) is -3.53. The Morgan fingerprint density at radius 1 is 1.00 bits per heavy atom. The molecule has 0 aliphatic carbocycles. The molecule has 2 N–H and O–H groups in total. The van der Waals surface area contributed by atoms with Gasteiger partial charge in [-0.25, -0.2) is 8.42 Å². The molecule has 0 atom stereocenters. The molecule has 0 aliphatic rings. The first-order valence-corrected chi connectivity index (χ1v) is 10.5. The van der Waals surface area contributed by atoms with E-state index in [4.69, 9.17) is 10.2 Å². The van der Waals surface area contributed by atoms with Crippen molar-refractivity contribution in [1.29, 1.82) is 0 Å². The average Bonchev–Trinajstić information content (AvgIpc) is 2.26. The molecule has 0 radical (unpaired) electrons. The Hall–Kier alpha value is -0.108. The Morgan fingerprint density at radius 2 is 1.33 bits per heavy atom. The Balaban J connectivity index is -0.000000317. The molecule has 0 spiro atoms. The van der Waals surface area contributed by atoms with Gasteiger partial charge >= 0.3 is 60.5 Å². The van der Waals surface area contributed by atoms with Crippen LogP contribution in [0.5, 0.6) is 0 Å². The average molecular weight is 350 g/mol. The van der Waals surface area contributed by atoms with Gasteiger partial charge in [-0.15, -0.1) is 0 Å². The maximum atomic E-state index is 11.2. The summed E-state index contributed by atoms with van der Waals surface area (Å²) in [6.45, 7) is 4.72. The van der Waals surface area contributed by atoms with Crippen LogP contribution in [0.25, 0.3) is 0 Å². The van der Waals surface area contributed by atoms with Gasteiger partial charge in [0.25, 0.3) is 0 Å². The predicted molar refractivity (Wildman–Crippen MR) is 79.1 cm³/mol. The maximum absolute atomic E-state index is 11.2. The second kappa shape index (κ2) is 13.5. The molecule has 8 nitrogen and oxygen atoms in total. The Kier molecular flexibility index (Phi) is 16.7. The molecule has 118 valence electrons. The number of carboxylic acids is 2. The number of hydrogen-bond acceptors (Lipinski definition) is 6. The van der Waals surface area contributed by atoms with Gasteiger partial charge in [-0.05, 0) is 0 Å². The van der Waals surface area contributed by atoms with Gasteiger partial charge in [0.1, 0.15) is 0 Å². The van der Waals surface area contributed by atoms with E-state index in [2.05, 4.69) is 4.18 Å². The zero-order valence-corrected chi connectivity index (χ0v) is 13.6. The van der Waals surface area contributed by atoms with E-state index in [9.17, 15) is 22.8 Å². The van der Waals surface area contributed by atoms with Crippen LogP contribution in [0.3, 0.4) is 0 Å². The molecule has 0 saturated heterocycles. The topological polar surface area (TPSA) is 135 Å². The normalized spacial score (nSPS) is 9.48. The summed E-state index contributed by atoms with van der Waals surface area (Å²) in [6.07, 6.45) is -0.593. The summed E-state index contributed by atoms with van der Waals surface area (Å²) in [5.41, 5.74) is 0. The minimum absolute atomic E-state index is 0. The molecule has 0 saturated carbocycles. The molecule has 0 fully saturated rings. The van der Waals surface area contributed by atoms with E-state index in [1.807, 2.05) is 0 Å². The number of hydrogen-bond donors (Lipinski definition) is 2. The quantitative estimate of drug-likeness (QED) is 0.622. The monoisotopic (exact) mass is 350 g/mol. The summed E-state index contributed by atoms with van der Waals surface area (Å²) >= 11 is -1.93. The molecule has 0 rings (SSSR count). The SMILES string of the molecule is C[CH2][Al]([CH2]C)[S](=O)(=O)OC(C)=O.O=C(O)CCC(=O)O.[NaH]. The third kappa shape index (κ3) is 16.1. The summed E-state index contributed by atoms with van der Waals surface area (Å²) in [5.74, 6) is -2.89. The summed E-state index contributed by atoms with van der Waals surface area (Å²) in [4.78, 5) is 29.7. The molecule has 0 aromatic rings. The number of carbonyl (C=O) groups excluding carboxylic acids is 1. The van der Waals surface area contributed by atoms with E-state index in [0.717, 1.165) is 6.92 Å². The Labute approximate surface area is 149 Å². The van der Waals surface area contributed by atoms with E-state index < -0.39 is 39.4 Å². The molecule has 11 heteroatoms. The van der Waals surface area contributed by atoms with Crippen molar-refractivity contribution in [3.05, 3.63) is 0 Å². The van der Waals surface area contributed by atoms with Gasteiger partial charge in [-0.2, -0.15) is 0 Å². The van der Waals surface area contributed by atoms with Crippen LogP contribution in [0.1, 0.15) is 33.6 Å². The third-order valence-corrected chi connectivity index (χ3v) is 9.95. The number of aliphatic carboxylic acids is 2. The van der Waals surface area contributed by atoms with Crippen molar-refractivity contribution in [2.75, 3.05) is 0 Å². The Morgan fingerprint density at radius 3 is 1.52 bits per heavy atom. The van der Waals surface area contributed by atoms with E-state index in [1.54, 1.807) is 13.8 Å². The zero-order valence-electron chi connectivity index (χ0n) is 11.7. The van der Waals surface area contributed by atoms with Gasteiger partial charge in [0.15, 0.2) is 8.48 Å². The first-order chi connectivity index (χ1) is 9.06. The molecule has 0 bridgehead atoms. The molecule has 0 aromatic heterocycles. The third-order valence-electron chi connectivity index (χ3n) is 2.11. The molecule has 0 aliphatic heterocycles. The van der Waals surface area contributed by atoms with Crippen LogP contribution in [0.2, 0.25) is 10.6 Å². The molecular formula is C10H20AlNaO8S. The van der Waals surface area contributed by atoms with Gasteiger partial charge in [-0.3, -0.25) is 14.4 Å². The van der Waals surface area contributed by atoms with Gasteiger partial charge in [0.2, 0.25) is 0 Å². The second-order valence-corrected chi connectivity index (χ2v) is 11.6. The van der Waals surface area contributed by atoms with Crippen molar-refractivity contribution in [1.82, 2.24) is 0 Å². The van der Waals surface area contributed by atoms with Crippen LogP contribution in [0.4, 0.5) is 0 Å². The molecule has 0 heterocycles. The van der Waals surface area contributed by atoms with E-state index in [0.29, 0.717) is 10.6 Å². The fourth-order valence-electron chi connectivity index (χ4n) is 1.14. The molecular weight excluding hydrogens is 330 g/mol. The van der Waals surface area contributed by atoms with Gasteiger partial charge in [0, 0.05) is 6.92 Å². The summed E-state index contributed by atoms with van der Waals surface area (Å²) < 4.78 is 26.7. The van der Waals surface area contributed by atoms with Crippen molar-refractivity contribution in [2.24, 2.45) is 0 Å². The van der Waals surface area contributed by atoms with Crippen molar-refractivity contribution >= 4 is 69.0 Å². The second-order valence-electron chi connectivity index (χ2n) is 3.79. The predicted octanol–water partition coefficient (Wildman–Crippen LogP) is 0.198. The number of carboxylic acid groups (broad SMARTS) is 2. The first kappa shape index (κ1) is 25.8. The molecule has 0 aromatic carbocycles. The summed E-state index contributed by atoms with van der Waals surface area (Å²) in [5, 5.41) is 17.0. The number of carbonyl (C=O) groups is 3. The number of rotatable bonds is 7. The molecule has 0 amide bonds. The van der Waals surface area contributed by atoms with Crippen LogP contribution in [-0.2, 0) is 27.1 Å². The van der Waals surface area contributed by atoms with Crippen LogP contribution in [-0.4, -0.2) is 79.1 Å². The standard InChI is InChI=1S/C4H6O4.C2H3O4S.2C2H5.Al.Na.H/c5-3(6)1-2-4(7)8;1-2(3)6-7(4)5;2*1-2;;;/h1-2H2,(H,5,6)(H,7,8);1H3;2*1H2,2H3;;;. The van der Waals surface area contributed by atoms with Crippen molar-refractivity contribution in [3.63, 3.8) is 0 Å². The van der Waals surface area contributed by atoms with Gasteiger partial charge < -0.3 is 14.4 Å². The van der Waals surface area contributed by atoms with Crippen molar-refractivity contribution in [2.45, 2.75) is 44.2 Å². The van der Waals surface area contributed by atoms with Crippen molar-refractivity contribution < 1.29 is 37.2 Å². The van der Waals surface area contributed by atoms with Crippen LogP contribution in [0.15, 0.2) is 0 Å². The van der Waals surface area contributed by atoms with E-state index in [-0.39, 0.29) is 42.4 Å².